The summed E-state index contributed by atoms with van der Waals surface area (Å²) in [6, 6.07) is 7.94. The Morgan fingerprint density at radius 2 is 2.14 bits per heavy atom. The molecule has 1 amide bonds. The van der Waals surface area contributed by atoms with Crippen LogP contribution in [0.4, 0.5) is 5.69 Å². The maximum Gasteiger partial charge on any atom is 0.311 e. The molecule has 0 radical (unpaired) electrons. The molecule has 1 aromatic rings. The third kappa shape index (κ3) is 1.47. The molecule has 146 valence electrons. The maximum absolute atomic E-state index is 14.1. The Morgan fingerprint density at radius 1 is 1.36 bits per heavy atom. The normalized spacial score (nSPS) is 45.1. The second-order valence-corrected chi connectivity index (χ2v) is 9.03. The topological polar surface area (TPSA) is 59.1 Å². The number of anilines is 1. The minimum absolute atomic E-state index is 0.00232. The van der Waals surface area contributed by atoms with Crippen molar-refractivity contribution in [3.63, 3.8) is 0 Å². The molecule has 2 aliphatic carbocycles. The number of hydrogen-bond acceptors (Lipinski definition) is 5. The second kappa shape index (κ2) is 5.05. The van der Waals surface area contributed by atoms with E-state index in [9.17, 15) is 9.59 Å². The van der Waals surface area contributed by atoms with Crippen molar-refractivity contribution in [2.45, 2.75) is 24.0 Å². The van der Waals surface area contributed by atoms with Crippen LogP contribution in [0.1, 0.15) is 12.0 Å². The third-order valence-electron chi connectivity index (χ3n) is 8.32. The first-order valence-corrected chi connectivity index (χ1v) is 9.97. The molecule has 1 spiro atoms. The van der Waals surface area contributed by atoms with E-state index in [1.165, 1.54) is 0 Å². The minimum Gasteiger partial charge on any atom is -0.461 e. The van der Waals surface area contributed by atoms with Crippen molar-refractivity contribution in [2.24, 2.45) is 23.2 Å². The Kier molecular flexibility index (Phi) is 3.02. The molecule has 2 saturated carbocycles. The van der Waals surface area contributed by atoms with Gasteiger partial charge >= 0.3 is 5.97 Å². The number of carbonyl (C=O) groups is 2. The lowest BCUT2D eigenvalue weighted by Gasteiger charge is -2.54. The van der Waals surface area contributed by atoms with Crippen molar-refractivity contribution in [2.75, 3.05) is 32.3 Å². The number of ether oxygens (including phenoxy) is 2. The first-order valence-electron chi connectivity index (χ1n) is 9.97. The van der Waals surface area contributed by atoms with Crippen LogP contribution in [0, 0.1) is 23.2 Å². The van der Waals surface area contributed by atoms with Crippen LogP contribution in [-0.4, -0.2) is 56.4 Å². The van der Waals surface area contributed by atoms with E-state index in [4.69, 9.17) is 9.47 Å². The van der Waals surface area contributed by atoms with Gasteiger partial charge < -0.3 is 14.4 Å². The third-order valence-corrected chi connectivity index (χ3v) is 8.32. The highest BCUT2D eigenvalue weighted by Gasteiger charge is 2.82. The first-order chi connectivity index (χ1) is 13.5. The molecule has 28 heavy (non-hydrogen) atoms. The molecule has 4 fully saturated rings. The van der Waals surface area contributed by atoms with E-state index in [0.29, 0.717) is 0 Å². The van der Waals surface area contributed by atoms with Gasteiger partial charge in [0.25, 0.3) is 0 Å². The predicted octanol–water partition coefficient (Wildman–Crippen LogP) is 1.55. The fourth-order valence-corrected chi connectivity index (χ4v) is 7.67. The summed E-state index contributed by atoms with van der Waals surface area (Å²) in [6.45, 7) is 5.24. The Labute approximate surface area is 164 Å². The number of likely N-dealkylation sites (tertiary alicyclic amines) is 1. The SMILES string of the molecule is C=C[C@]12CN(C)[C@@H]3[C@H]4C(=O)O[C@H](C[C@H]41)[C@@]1(C(=O)N(COC)c4ccccc41)[C@@H]32. The number of nitrogens with zero attached hydrogens (tertiary/aromatic N) is 2. The van der Waals surface area contributed by atoms with Crippen LogP contribution in [0.2, 0.25) is 0 Å². The van der Waals surface area contributed by atoms with E-state index in [2.05, 4.69) is 18.5 Å². The number of para-hydroxylation sites is 1. The minimum atomic E-state index is -0.865. The summed E-state index contributed by atoms with van der Waals surface area (Å²) in [5.74, 6) is -0.110. The van der Waals surface area contributed by atoms with Gasteiger partial charge in [-0.05, 0) is 31.0 Å². The molecule has 6 nitrogen and oxygen atoms in total. The number of benzene rings is 1. The van der Waals surface area contributed by atoms with Gasteiger partial charge in [0.15, 0.2) is 0 Å². The molecule has 6 rings (SSSR count). The Hall–Kier alpha value is -2.18. The average Bonchev–Trinajstić information content (AvgIpc) is 3.16. The van der Waals surface area contributed by atoms with Gasteiger partial charge in [-0.3, -0.25) is 14.5 Å². The summed E-state index contributed by atoms with van der Waals surface area (Å²) in [7, 11) is 3.67. The molecule has 0 aromatic heterocycles. The van der Waals surface area contributed by atoms with Crippen LogP contribution in [0.25, 0.3) is 0 Å². The number of amides is 1. The summed E-state index contributed by atoms with van der Waals surface area (Å²) < 4.78 is 11.4. The second-order valence-electron chi connectivity index (χ2n) is 9.03. The van der Waals surface area contributed by atoms with Gasteiger partial charge in [0.05, 0.1) is 11.6 Å². The average molecular weight is 380 g/mol. The first kappa shape index (κ1) is 16.7. The fraction of sp³-hybridized carbons (Fsp3) is 0.545. The standard InChI is InChI=1S/C22H24N2O4/c1-4-21-10-23(2)17-16-13(21)9-15(28-19(16)25)22(18(17)21)12-7-5-6-8-14(12)24(11-27-3)20(22)26/h4-8,13,15-18H,1,9-11H2,2-3H3/t13-,15-,16+,17-,18+,21+,22-/m1/s1. The molecule has 7 atom stereocenters. The molecular weight excluding hydrogens is 356 g/mol. The van der Waals surface area contributed by atoms with Gasteiger partial charge in [0.1, 0.15) is 18.2 Å². The van der Waals surface area contributed by atoms with E-state index < -0.39 is 11.5 Å². The van der Waals surface area contributed by atoms with E-state index in [0.717, 1.165) is 24.2 Å². The van der Waals surface area contributed by atoms with Gasteiger partial charge in [-0.2, -0.15) is 0 Å². The van der Waals surface area contributed by atoms with Crippen molar-refractivity contribution in [3.8, 4) is 0 Å². The Morgan fingerprint density at radius 3 is 2.89 bits per heavy atom. The summed E-state index contributed by atoms with van der Waals surface area (Å²) in [5.41, 5.74) is 0.745. The Balaban J connectivity index is 1.67. The largest absolute Gasteiger partial charge is 0.461 e. The summed E-state index contributed by atoms with van der Waals surface area (Å²) >= 11 is 0. The number of carbonyl (C=O) groups excluding carboxylic acids is 2. The number of fused-ring (bicyclic) bond motifs is 5. The van der Waals surface area contributed by atoms with Gasteiger partial charge in [0, 0.05) is 31.0 Å². The molecule has 2 saturated heterocycles. The predicted molar refractivity (Wildman–Crippen MR) is 101 cm³/mol. The summed E-state index contributed by atoms with van der Waals surface area (Å²) in [5, 5.41) is 0. The van der Waals surface area contributed by atoms with Crippen LogP contribution in [-0.2, 0) is 24.5 Å². The molecular formula is C22H24N2O4. The van der Waals surface area contributed by atoms with Gasteiger partial charge in [0.2, 0.25) is 5.91 Å². The zero-order chi connectivity index (χ0) is 19.4. The van der Waals surface area contributed by atoms with Crippen molar-refractivity contribution in [3.05, 3.63) is 42.5 Å². The number of hydrogen-bond donors (Lipinski definition) is 0. The molecule has 0 unspecified atom stereocenters. The van der Waals surface area contributed by atoms with Gasteiger partial charge in [-0.15, -0.1) is 6.58 Å². The molecule has 3 aliphatic heterocycles. The lowest BCUT2D eigenvalue weighted by Crippen LogP contribution is -2.63. The highest BCUT2D eigenvalue weighted by atomic mass is 16.5. The highest BCUT2D eigenvalue weighted by molar-refractivity contribution is 6.10. The summed E-state index contributed by atoms with van der Waals surface area (Å²) in [6.07, 6.45) is 2.35. The zero-order valence-corrected chi connectivity index (χ0v) is 16.1. The monoisotopic (exact) mass is 380 g/mol. The number of rotatable bonds is 3. The number of piperidine rings is 1. The molecule has 0 N–H and O–H groups in total. The van der Waals surface area contributed by atoms with E-state index in [1.807, 2.05) is 30.3 Å². The van der Waals surface area contributed by atoms with Crippen molar-refractivity contribution >= 4 is 17.6 Å². The maximum atomic E-state index is 14.1. The molecule has 5 bridgehead atoms. The van der Waals surface area contributed by atoms with Crippen molar-refractivity contribution in [1.82, 2.24) is 4.90 Å². The number of methoxy groups -OCH3 is 1. The van der Waals surface area contributed by atoms with Crippen LogP contribution < -0.4 is 4.90 Å². The van der Waals surface area contributed by atoms with Crippen LogP contribution in [0.5, 0.6) is 0 Å². The van der Waals surface area contributed by atoms with Crippen LogP contribution in [0.15, 0.2) is 36.9 Å². The van der Waals surface area contributed by atoms with Crippen molar-refractivity contribution < 1.29 is 19.1 Å². The fourth-order valence-electron chi connectivity index (χ4n) is 7.67. The lowest BCUT2D eigenvalue weighted by molar-refractivity contribution is -0.182. The molecule has 5 aliphatic rings. The number of esters is 1. The molecule has 1 aromatic carbocycles. The van der Waals surface area contributed by atoms with E-state index in [-0.39, 0.29) is 47.8 Å². The van der Waals surface area contributed by atoms with Crippen molar-refractivity contribution in [1.29, 1.82) is 0 Å². The molecule has 3 heterocycles. The van der Waals surface area contributed by atoms with E-state index >= 15 is 0 Å². The van der Waals surface area contributed by atoms with Crippen LogP contribution in [0.3, 0.4) is 0 Å². The van der Waals surface area contributed by atoms with E-state index in [1.54, 1.807) is 12.0 Å². The highest BCUT2D eigenvalue weighted by Crippen LogP contribution is 2.74. The quantitative estimate of drug-likeness (QED) is 0.588. The Bertz CT molecular complexity index is 931. The lowest BCUT2D eigenvalue weighted by atomic mass is 9.51. The summed E-state index contributed by atoms with van der Waals surface area (Å²) in [4.78, 5) is 31.1. The van der Waals surface area contributed by atoms with Gasteiger partial charge in [-0.25, -0.2) is 0 Å². The smallest absolute Gasteiger partial charge is 0.311 e. The molecule has 6 heteroatoms. The van der Waals surface area contributed by atoms with Crippen LogP contribution >= 0.6 is 0 Å². The zero-order valence-electron chi connectivity index (χ0n) is 16.1. The van der Waals surface area contributed by atoms with Gasteiger partial charge in [-0.1, -0.05) is 24.3 Å².